The summed E-state index contributed by atoms with van der Waals surface area (Å²) in [7, 11) is 0. The molecule has 0 fully saturated rings. The van der Waals surface area contributed by atoms with E-state index in [1.165, 1.54) is 11.8 Å². The van der Waals surface area contributed by atoms with E-state index in [4.69, 9.17) is 4.74 Å². The van der Waals surface area contributed by atoms with E-state index in [1.807, 2.05) is 78.9 Å². The van der Waals surface area contributed by atoms with Crippen LogP contribution in [0.1, 0.15) is 17.5 Å². The molecule has 0 saturated heterocycles. The van der Waals surface area contributed by atoms with Gasteiger partial charge in [0.15, 0.2) is 5.16 Å². The number of carbonyl (C=O) groups is 1. The normalized spacial score (nSPS) is 11.1. The second-order valence-corrected chi connectivity index (χ2v) is 7.88. The molecule has 31 heavy (non-hydrogen) atoms. The van der Waals surface area contributed by atoms with E-state index in [2.05, 4.69) is 20.5 Å². The summed E-state index contributed by atoms with van der Waals surface area (Å²) >= 11 is 1.51. The third-order valence-electron chi connectivity index (χ3n) is 4.44. The van der Waals surface area contributed by atoms with Crippen molar-refractivity contribution < 1.29 is 9.53 Å². The highest BCUT2D eigenvalue weighted by Crippen LogP contribution is 2.19. The summed E-state index contributed by atoms with van der Waals surface area (Å²) in [6.07, 6.45) is 1.96. The number of nitrogens with zero attached hydrogens (tertiary/aromatic N) is 2. The summed E-state index contributed by atoms with van der Waals surface area (Å²) in [4.78, 5) is 19.8. The first-order valence-electron chi connectivity index (χ1n) is 9.92. The number of hydrazone groups is 1. The van der Waals surface area contributed by atoms with Crippen LogP contribution in [0.2, 0.25) is 0 Å². The van der Waals surface area contributed by atoms with Gasteiger partial charge in [-0.05, 0) is 35.4 Å². The number of fused-ring (bicyclic) bond motifs is 1. The number of benzene rings is 3. The molecule has 1 amide bonds. The van der Waals surface area contributed by atoms with Crippen molar-refractivity contribution in [3.05, 3.63) is 90.0 Å². The van der Waals surface area contributed by atoms with Crippen molar-refractivity contribution in [1.82, 2.24) is 15.4 Å². The van der Waals surface area contributed by atoms with Crippen LogP contribution in [0, 0.1) is 0 Å². The lowest BCUT2D eigenvalue weighted by Gasteiger charge is -2.06. The molecule has 4 aromatic rings. The van der Waals surface area contributed by atoms with Crippen molar-refractivity contribution in [2.75, 3.05) is 5.75 Å². The fraction of sp³-hybridized carbons (Fsp3) is 0.125. The lowest BCUT2D eigenvalue weighted by atomic mass is 10.2. The summed E-state index contributed by atoms with van der Waals surface area (Å²) in [5.41, 5.74) is 6.44. The molecular formula is C24H22N4O2S. The molecule has 2 N–H and O–H groups in total. The Morgan fingerprint density at radius 1 is 1.06 bits per heavy atom. The van der Waals surface area contributed by atoms with E-state index in [9.17, 15) is 4.79 Å². The Kier molecular flexibility index (Phi) is 6.97. The van der Waals surface area contributed by atoms with Gasteiger partial charge in [-0.3, -0.25) is 4.79 Å². The van der Waals surface area contributed by atoms with Crippen molar-refractivity contribution in [2.24, 2.45) is 5.10 Å². The second kappa shape index (κ2) is 10.4. The predicted molar refractivity (Wildman–Crippen MR) is 124 cm³/mol. The number of thioether (sulfide) groups is 1. The average molecular weight is 431 g/mol. The van der Waals surface area contributed by atoms with E-state index < -0.39 is 0 Å². The molecule has 4 rings (SSSR count). The summed E-state index contributed by atoms with van der Waals surface area (Å²) in [5.74, 6) is 1.22. The van der Waals surface area contributed by atoms with Crippen molar-refractivity contribution in [2.45, 2.75) is 18.2 Å². The van der Waals surface area contributed by atoms with Gasteiger partial charge < -0.3 is 9.72 Å². The number of H-pyrrole nitrogens is 1. The van der Waals surface area contributed by atoms with Crippen molar-refractivity contribution in [3.8, 4) is 5.75 Å². The smallest absolute Gasteiger partial charge is 0.240 e. The Labute approximate surface area is 184 Å². The Morgan fingerprint density at radius 2 is 1.90 bits per heavy atom. The zero-order chi connectivity index (χ0) is 21.3. The number of amides is 1. The summed E-state index contributed by atoms with van der Waals surface area (Å²) in [5, 5.41) is 4.86. The molecule has 1 aromatic heterocycles. The van der Waals surface area contributed by atoms with Crippen LogP contribution >= 0.6 is 11.8 Å². The maximum absolute atomic E-state index is 12.0. The number of rotatable bonds is 9. The number of hydrogen-bond acceptors (Lipinski definition) is 5. The van der Waals surface area contributed by atoms with Crippen LogP contribution in [0.4, 0.5) is 0 Å². The van der Waals surface area contributed by atoms with Gasteiger partial charge in [0.05, 0.1) is 17.2 Å². The van der Waals surface area contributed by atoms with Crippen LogP contribution in [0.25, 0.3) is 11.0 Å². The van der Waals surface area contributed by atoms with Gasteiger partial charge in [0.25, 0.3) is 0 Å². The monoisotopic (exact) mass is 430 g/mol. The molecule has 3 aromatic carbocycles. The number of nitrogens with one attached hydrogen (secondary N) is 2. The number of aromatic nitrogens is 2. The molecule has 0 spiro atoms. The number of ether oxygens (including phenoxy) is 1. The standard InChI is InChI=1S/C24H22N4O2S/c29-23(13-14-31-24-26-21-11-4-5-12-22(21)27-24)28-25-16-19-9-6-10-20(15-19)30-17-18-7-2-1-3-8-18/h1-12,15-16H,13-14,17H2,(H,26,27)(H,28,29)/b25-16+. The van der Waals surface area contributed by atoms with Crippen LogP contribution in [-0.2, 0) is 11.4 Å². The fourth-order valence-corrected chi connectivity index (χ4v) is 3.72. The van der Waals surface area contributed by atoms with E-state index >= 15 is 0 Å². The van der Waals surface area contributed by atoms with Gasteiger partial charge in [0, 0.05) is 12.2 Å². The molecule has 1 heterocycles. The van der Waals surface area contributed by atoms with E-state index in [-0.39, 0.29) is 5.91 Å². The first-order valence-corrected chi connectivity index (χ1v) is 10.9. The molecule has 0 aliphatic heterocycles. The molecular weight excluding hydrogens is 408 g/mol. The third kappa shape index (κ3) is 6.20. The molecule has 0 unspecified atom stereocenters. The van der Waals surface area contributed by atoms with Gasteiger partial charge in [-0.25, -0.2) is 10.4 Å². The minimum absolute atomic E-state index is 0.142. The van der Waals surface area contributed by atoms with Crippen LogP contribution in [0.5, 0.6) is 5.75 Å². The van der Waals surface area contributed by atoms with Crippen molar-refractivity contribution in [1.29, 1.82) is 0 Å². The van der Waals surface area contributed by atoms with Gasteiger partial charge in [-0.1, -0.05) is 66.4 Å². The number of hydrogen-bond donors (Lipinski definition) is 2. The van der Waals surface area contributed by atoms with Gasteiger partial charge in [-0.15, -0.1) is 0 Å². The molecule has 0 atom stereocenters. The zero-order valence-electron chi connectivity index (χ0n) is 16.8. The molecule has 0 bridgehead atoms. The minimum atomic E-state index is -0.142. The molecule has 0 aliphatic rings. The molecule has 0 saturated carbocycles. The first-order chi connectivity index (χ1) is 15.3. The maximum atomic E-state index is 12.0. The topological polar surface area (TPSA) is 79.4 Å². The lowest BCUT2D eigenvalue weighted by Crippen LogP contribution is -2.17. The molecule has 0 radical (unpaired) electrons. The Hall–Kier alpha value is -3.58. The zero-order valence-corrected chi connectivity index (χ0v) is 17.6. The van der Waals surface area contributed by atoms with E-state index in [0.717, 1.165) is 33.1 Å². The number of aromatic amines is 1. The number of imidazole rings is 1. The van der Waals surface area contributed by atoms with Crippen LogP contribution in [0.15, 0.2) is 89.1 Å². The molecule has 0 aliphatic carbocycles. The third-order valence-corrected chi connectivity index (χ3v) is 5.32. The van der Waals surface area contributed by atoms with Gasteiger partial charge in [0.2, 0.25) is 5.91 Å². The van der Waals surface area contributed by atoms with E-state index in [0.29, 0.717) is 18.8 Å². The molecule has 7 heteroatoms. The largest absolute Gasteiger partial charge is 0.489 e. The Balaban J connectivity index is 1.21. The van der Waals surface area contributed by atoms with Crippen molar-refractivity contribution >= 4 is 34.9 Å². The highest BCUT2D eigenvalue weighted by Gasteiger charge is 2.05. The van der Waals surface area contributed by atoms with Crippen LogP contribution in [-0.4, -0.2) is 27.8 Å². The first kappa shape index (κ1) is 20.7. The Bertz CT molecular complexity index is 1140. The molecule has 6 nitrogen and oxygen atoms in total. The highest BCUT2D eigenvalue weighted by atomic mass is 32.2. The summed E-state index contributed by atoms with van der Waals surface area (Å²) < 4.78 is 5.82. The predicted octanol–water partition coefficient (Wildman–Crippen LogP) is 4.77. The summed E-state index contributed by atoms with van der Waals surface area (Å²) in [6, 6.07) is 25.4. The van der Waals surface area contributed by atoms with E-state index in [1.54, 1.807) is 6.21 Å². The Morgan fingerprint density at radius 3 is 2.77 bits per heavy atom. The quantitative estimate of drug-likeness (QED) is 0.228. The number of para-hydroxylation sites is 2. The van der Waals surface area contributed by atoms with Gasteiger partial charge >= 0.3 is 0 Å². The fourth-order valence-electron chi connectivity index (χ4n) is 2.90. The van der Waals surface area contributed by atoms with Crippen molar-refractivity contribution in [3.63, 3.8) is 0 Å². The average Bonchev–Trinajstić information content (AvgIpc) is 3.21. The van der Waals surface area contributed by atoms with Crippen LogP contribution < -0.4 is 10.2 Å². The van der Waals surface area contributed by atoms with Gasteiger partial charge in [0.1, 0.15) is 12.4 Å². The SMILES string of the molecule is O=C(CCSc1nc2ccccc2[nH]1)N/N=C/c1cccc(OCc2ccccc2)c1. The highest BCUT2D eigenvalue weighted by molar-refractivity contribution is 7.99. The maximum Gasteiger partial charge on any atom is 0.240 e. The molecule has 156 valence electrons. The second-order valence-electron chi connectivity index (χ2n) is 6.80. The number of carbonyl (C=O) groups excluding carboxylic acids is 1. The van der Waals surface area contributed by atoms with Gasteiger partial charge in [-0.2, -0.15) is 5.10 Å². The lowest BCUT2D eigenvalue weighted by molar-refractivity contribution is -0.120. The minimum Gasteiger partial charge on any atom is -0.489 e. The summed E-state index contributed by atoms with van der Waals surface area (Å²) in [6.45, 7) is 0.501. The van der Waals surface area contributed by atoms with Crippen LogP contribution in [0.3, 0.4) is 0 Å².